The SMILES string of the molecule is CC(=O)NC1(C)[C@](C)(OC(=O)CCCCC2SC[C@@H]3NC(=O)N[C@H]23)OC(C)(CO)[C@@](C)(O)[C@@]1(C)CCOC[C@@]1(C)OC(C)(C)[C@@](C)(COC[C@]2(C)OC(C)(CO)[C@@](C)(O)[C@@](C)(O)C2(C)COC[C@]2(C)OC(C)(C)[C@@](C)(O)[C@](C)(O)C2(C)O)[C@](C)(O)C1(C)O. The van der Waals surface area contributed by atoms with Crippen molar-refractivity contribution < 1.29 is 103 Å². The maximum absolute atomic E-state index is 13.9. The van der Waals surface area contributed by atoms with E-state index >= 15 is 0 Å². The molecule has 0 bridgehead atoms. The molecular weight excluding hydrogens is 1170 g/mol. The minimum atomic E-state index is -2.16. The van der Waals surface area contributed by atoms with Gasteiger partial charge in [-0.05, 0) is 144 Å². The minimum Gasteiger partial charge on any atom is -0.431 e. The van der Waals surface area contributed by atoms with Gasteiger partial charge in [0.1, 0.15) is 78.4 Å². The average Bonchev–Trinajstić information content (AvgIpc) is 1.05. The second kappa shape index (κ2) is 22.8. The molecule has 0 aliphatic carbocycles. The first-order valence-electron chi connectivity index (χ1n) is 31.1. The number of aliphatic hydroxyl groups excluding tert-OH is 2. The average molecular weight is 1280 g/mol. The minimum absolute atomic E-state index is 0.0108. The topological polar surface area (TPSA) is 363 Å². The molecule has 6 aliphatic heterocycles. The lowest BCUT2D eigenvalue weighted by Gasteiger charge is -2.69. The van der Waals surface area contributed by atoms with Crippen LogP contribution in [-0.4, -0.2) is 240 Å². The van der Waals surface area contributed by atoms with Gasteiger partial charge in [0.25, 0.3) is 0 Å². The van der Waals surface area contributed by atoms with Gasteiger partial charge in [-0.1, -0.05) is 27.2 Å². The van der Waals surface area contributed by atoms with Crippen LogP contribution in [0.5, 0.6) is 0 Å². The molecule has 21 atom stereocenters. The van der Waals surface area contributed by atoms with E-state index in [0.717, 1.165) is 12.2 Å². The summed E-state index contributed by atoms with van der Waals surface area (Å²) in [4.78, 5) is 39.1. The van der Waals surface area contributed by atoms with Crippen LogP contribution in [0.15, 0.2) is 0 Å². The number of carbonyl (C=O) groups excluding carboxylic acids is 3. The lowest BCUT2D eigenvalue weighted by Crippen LogP contribution is -2.85. The maximum atomic E-state index is 13.9. The Kier molecular flexibility index (Phi) is 19.4. The Morgan fingerprint density at radius 3 is 1.52 bits per heavy atom. The molecule has 24 nitrogen and oxygen atoms in total. The molecule has 0 aromatic carbocycles. The van der Waals surface area contributed by atoms with Gasteiger partial charge in [0.2, 0.25) is 11.7 Å². The van der Waals surface area contributed by atoms with Crippen molar-refractivity contribution in [3.05, 3.63) is 0 Å². The molecule has 0 spiro atoms. The number of unbranched alkanes of at least 4 members (excludes halogenated alkanes) is 1. The Morgan fingerprint density at radius 2 is 0.989 bits per heavy atom. The van der Waals surface area contributed by atoms with Crippen LogP contribution in [0.1, 0.15) is 191 Å². The number of urea groups is 1. The number of ether oxygens (including phenoxy) is 8. The maximum Gasteiger partial charge on any atom is 0.315 e. The molecule has 13 N–H and O–H groups in total. The van der Waals surface area contributed by atoms with Crippen molar-refractivity contribution in [3.8, 4) is 0 Å². The van der Waals surface area contributed by atoms with E-state index in [4.69, 9.17) is 37.9 Å². The molecule has 0 radical (unpaired) electrons. The van der Waals surface area contributed by atoms with E-state index in [2.05, 4.69) is 16.0 Å². The number of hydrogen-bond acceptors (Lipinski definition) is 22. The Balaban J connectivity index is 1.21. The molecule has 88 heavy (non-hydrogen) atoms. The molecule has 512 valence electrons. The highest BCUT2D eigenvalue weighted by Gasteiger charge is 2.79. The number of amides is 3. The lowest BCUT2D eigenvalue weighted by atomic mass is 9.51. The predicted octanol–water partition coefficient (Wildman–Crippen LogP) is 2.79. The van der Waals surface area contributed by atoms with Crippen molar-refractivity contribution in [2.45, 2.75) is 304 Å². The molecular formula is C63H113N3O21S. The zero-order valence-corrected chi connectivity index (χ0v) is 57.8. The number of rotatable bonds is 22. The number of fused-ring (bicyclic) bond motifs is 1. The zero-order chi connectivity index (χ0) is 67.8. The van der Waals surface area contributed by atoms with Gasteiger partial charge >= 0.3 is 12.0 Å². The second-order valence-corrected chi connectivity index (χ2v) is 32.6. The fourth-order valence-corrected chi connectivity index (χ4v) is 17.5. The molecule has 6 fully saturated rings. The van der Waals surface area contributed by atoms with Gasteiger partial charge in [0.05, 0.1) is 80.4 Å². The monoisotopic (exact) mass is 1280 g/mol. The van der Waals surface area contributed by atoms with Gasteiger partial charge in [-0.3, -0.25) is 9.59 Å². The molecule has 6 rings (SSSR count). The van der Waals surface area contributed by atoms with E-state index in [0.29, 0.717) is 12.8 Å². The Morgan fingerprint density at radius 1 is 0.523 bits per heavy atom. The van der Waals surface area contributed by atoms with Crippen LogP contribution in [0.25, 0.3) is 0 Å². The first-order valence-corrected chi connectivity index (χ1v) is 32.1. The molecule has 6 heterocycles. The molecule has 3 amide bonds. The van der Waals surface area contributed by atoms with Crippen molar-refractivity contribution in [2.75, 3.05) is 58.6 Å². The first-order chi connectivity index (χ1) is 39.3. The molecule has 0 saturated carbocycles. The second-order valence-electron chi connectivity index (χ2n) is 31.4. The summed E-state index contributed by atoms with van der Waals surface area (Å²) in [6.07, 6.45) is 1.79. The molecule has 6 aliphatic rings. The van der Waals surface area contributed by atoms with Gasteiger partial charge in [-0.15, -0.1) is 0 Å². The summed E-state index contributed by atoms with van der Waals surface area (Å²) in [5, 5.41) is 130. The van der Waals surface area contributed by atoms with Crippen molar-refractivity contribution in [2.24, 2.45) is 16.2 Å². The summed E-state index contributed by atoms with van der Waals surface area (Å²) in [5.41, 5.74) is -34.6. The number of hydrogen-bond donors (Lipinski definition) is 13. The molecule has 25 heteroatoms. The Hall–Kier alpha value is -2.12. The van der Waals surface area contributed by atoms with E-state index in [9.17, 15) is 65.4 Å². The van der Waals surface area contributed by atoms with E-state index < -0.39 is 150 Å². The summed E-state index contributed by atoms with van der Waals surface area (Å²) < 4.78 is 52.4. The zero-order valence-electron chi connectivity index (χ0n) is 57.0. The third-order valence-corrected chi connectivity index (χ3v) is 27.2. The Labute approximate surface area is 525 Å². The van der Waals surface area contributed by atoms with E-state index in [1.54, 1.807) is 81.0 Å². The van der Waals surface area contributed by atoms with Crippen LogP contribution < -0.4 is 16.0 Å². The van der Waals surface area contributed by atoms with Gasteiger partial charge < -0.3 is 105 Å². The number of thioether (sulfide) groups is 1. The highest BCUT2D eigenvalue weighted by molar-refractivity contribution is 8.00. The number of nitrogens with one attached hydrogen (secondary N) is 3. The number of esters is 1. The molecule has 7 unspecified atom stereocenters. The van der Waals surface area contributed by atoms with Crippen LogP contribution in [0, 0.1) is 16.2 Å². The molecule has 0 aromatic rings. The fraction of sp³-hybridized carbons (Fsp3) is 0.952. The van der Waals surface area contributed by atoms with Crippen LogP contribution in [0.2, 0.25) is 0 Å². The van der Waals surface area contributed by atoms with Gasteiger partial charge in [-0.2, -0.15) is 11.8 Å². The van der Waals surface area contributed by atoms with Gasteiger partial charge in [0, 0.05) is 43.3 Å². The standard InChI is InChI=1S/C63H113N3O21S/c1-38(69)66-54(14)46(6,56(16,73)49(9,31-67)87-63(54,23)83-41(70)27-25-24-26-40-42-39(30-88-40)64-43(71)65-42)28-29-80-36-52(12)60(20,77)57(17,74)47(7,44(2,3)84-52)33-81-35-51(11)48(8,58(18,75)59(19,76)50(10,32-68)86-51)34-82-37-53(13)61(21,78)62(22,79)55(15,72)45(4,5)85-53/h39-40,42,67-68,72-79H,24-37H2,1-23H3,(H,66,69)(H2,64,65,71)/t39-,40?,42-,46-,47+,48?,49?,50?,51-,52+,53-,54?,55+,56-,57-,58-,59+,60?,61?,62-,63+/m0/s1. The van der Waals surface area contributed by atoms with Crippen LogP contribution in [-0.2, 0) is 47.5 Å². The normalized spacial score (nSPS) is 51.5. The highest BCUT2D eigenvalue weighted by Crippen LogP contribution is 2.63. The predicted molar refractivity (Wildman–Crippen MR) is 326 cm³/mol. The summed E-state index contributed by atoms with van der Waals surface area (Å²) in [6.45, 7) is 31.3. The largest absolute Gasteiger partial charge is 0.431 e. The number of aliphatic hydroxyl groups is 10. The van der Waals surface area contributed by atoms with E-state index in [1.165, 1.54) is 90.0 Å². The van der Waals surface area contributed by atoms with Crippen molar-refractivity contribution in [1.29, 1.82) is 0 Å². The van der Waals surface area contributed by atoms with Crippen molar-refractivity contribution >= 4 is 29.7 Å². The third kappa shape index (κ3) is 10.4. The first kappa shape index (κ1) is 74.9. The smallest absolute Gasteiger partial charge is 0.315 e. The summed E-state index contributed by atoms with van der Waals surface area (Å²) in [5.74, 6) is -2.36. The highest BCUT2D eigenvalue weighted by atomic mass is 32.2. The molecule has 6 saturated heterocycles. The Bertz CT molecular complexity index is 2620. The van der Waals surface area contributed by atoms with Crippen LogP contribution >= 0.6 is 11.8 Å². The molecule has 0 aromatic heterocycles. The quantitative estimate of drug-likeness (QED) is 0.0421. The van der Waals surface area contributed by atoms with Gasteiger partial charge in [-0.25, -0.2) is 4.79 Å². The van der Waals surface area contributed by atoms with Gasteiger partial charge in [0.15, 0.2) is 0 Å². The van der Waals surface area contributed by atoms with E-state index in [-0.39, 0.29) is 62.6 Å². The lowest BCUT2D eigenvalue weighted by molar-refractivity contribution is -0.414. The van der Waals surface area contributed by atoms with Crippen molar-refractivity contribution in [1.82, 2.24) is 16.0 Å². The summed E-state index contributed by atoms with van der Waals surface area (Å²) in [7, 11) is 0. The third-order valence-electron chi connectivity index (χ3n) is 25.7. The van der Waals surface area contributed by atoms with Crippen LogP contribution in [0.4, 0.5) is 4.79 Å². The summed E-state index contributed by atoms with van der Waals surface area (Å²) in [6, 6.07) is -0.108. The van der Waals surface area contributed by atoms with E-state index in [1.807, 2.05) is 0 Å². The van der Waals surface area contributed by atoms with Crippen molar-refractivity contribution in [3.63, 3.8) is 0 Å². The summed E-state index contributed by atoms with van der Waals surface area (Å²) >= 11 is 1.77. The van der Waals surface area contributed by atoms with Crippen LogP contribution in [0.3, 0.4) is 0 Å². The number of carbonyl (C=O) groups is 3. The fourth-order valence-electron chi connectivity index (χ4n) is 15.9.